The fourth-order valence-corrected chi connectivity index (χ4v) is 4.08. The minimum Gasteiger partial charge on any atom is -0.487 e. The van der Waals surface area contributed by atoms with Crippen LogP contribution in [-0.2, 0) is 16.0 Å². The molecular weight excluding hydrogens is 394 g/mol. The van der Waals surface area contributed by atoms with Gasteiger partial charge in [-0.05, 0) is 58.6 Å². The summed E-state index contributed by atoms with van der Waals surface area (Å²) < 4.78 is 16.4. The van der Waals surface area contributed by atoms with Crippen molar-refractivity contribution >= 4 is 5.97 Å². The van der Waals surface area contributed by atoms with Crippen LogP contribution in [0.3, 0.4) is 0 Å². The second kappa shape index (κ2) is 11.1. The molecule has 2 atom stereocenters. The molecule has 0 N–H and O–H groups in total. The van der Waals surface area contributed by atoms with E-state index in [-0.39, 0.29) is 23.3 Å². The summed E-state index contributed by atoms with van der Waals surface area (Å²) in [5.41, 5.74) is 1.06. The maximum absolute atomic E-state index is 12.4. The van der Waals surface area contributed by atoms with Crippen LogP contribution in [0.5, 0.6) is 5.75 Å². The first-order valence-electron chi connectivity index (χ1n) is 11.2. The van der Waals surface area contributed by atoms with Gasteiger partial charge in [-0.25, -0.2) is 4.79 Å². The number of carbonyl (C=O) groups excluding carboxylic acids is 1. The quantitative estimate of drug-likeness (QED) is 0.581. The van der Waals surface area contributed by atoms with E-state index in [9.17, 15) is 9.59 Å². The van der Waals surface area contributed by atoms with Gasteiger partial charge in [-0.1, -0.05) is 20.3 Å². The van der Waals surface area contributed by atoms with Crippen LogP contribution in [0.25, 0.3) is 11.3 Å². The van der Waals surface area contributed by atoms with Gasteiger partial charge >= 0.3 is 11.6 Å². The molecule has 4 rings (SSSR count). The van der Waals surface area contributed by atoms with E-state index in [1.165, 1.54) is 19.8 Å². The first kappa shape index (κ1) is 24.6. The van der Waals surface area contributed by atoms with Crippen molar-refractivity contribution in [3.05, 3.63) is 46.6 Å². The van der Waals surface area contributed by atoms with Crippen LogP contribution in [0.15, 0.2) is 39.8 Å². The van der Waals surface area contributed by atoms with Crippen molar-refractivity contribution in [2.75, 3.05) is 0 Å². The van der Waals surface area contributed by atoms with Crippen molar-refractivity contribution in [3.63, 3.8) is 0 Å². The maximum atomic E-state index is 12.4. The van der Waals surface area contributed by atoms with E-state index in [2.05, 4.69) is 16.6 Å². The smallest absolute Gasteiger partial charge is 0.343 e. The lowest BCUT2D eigenvalue weighted by atomic mass is 9.72. The molecule has 1 aliphatic heterocycles. The fraction of sp³-hybridized carbons (Fsp3) is 0.560. The van der Waals surface area contributed by atoms with E-state index in [1.54, 1.807) is 12.4 Å². The maximum Gasteiger partial charge on any atom is 0.343 e. The highest BCUT2D eigenvalue weighted by molar-refractivity contribution is 5.66. The van der Waals surface area contributed by atoms with E-state index in [4.69, 9.17) is 9.15 Å². The summed E-state index contributed by atoms with van der Waals surface area (Å²) in [6.07, 6.45) is 8.78. The number of esters is 1. The van der Waals surface area contributed by atoms with Gasteiger partial charge < -0.3 is 13.9 Å². The highest BCUT2D eigenvalue weighted by atomic mass is 16.5. The van der Waals surface area contributed by atoms with Gasteiger partial charge in [0.05, 0.1) is 11.7 Å². The Hall–Kier alpha value is -2.63. The van der Waals surface area contributed by atoms with Gasteiger partial charge in [-0.3, -0.25) is 9.78 Å². The standard InChI is InChI=1S/C18H19NO3.C5H10O2.C2H6/c1-18-7-3-2-6-13(18)9-14-16(22-18)10-15(21-17(14)20)12-5-4-8-19-11-12;1-4(2)7-5(3)6;1-2/h4-5,8,10-11,13H,2-3,6-7,9H2,1H3;4H,1-3H3;1-2H3/t13?,18-;;/m0../s1. The van der Waals surface area contributed by atoms with Gasteiger partial charge in [0.2, 0.25) is 0 Å². The first-order valence-corrected chi connectivity index (χ1v) is 11.2. The summed E-state index contributed by atoms with van der Waals surface area (Å²) in [6, 6.07) is 5.56. The number of pyridine rings is 1. The number of nitrogens with zero attached hydrogens (tertiary/aromatic N) is 1. The predicted octanol–water partition coefficient (Wildman–Crippen LogP) is 5.57. The largest absolute Gasteiger partial charge is 0.487 e. The molecule has 31 heavy (non-hydrogen) atoms. The number of rotatable bonds is 2. The van der Waals surface area contributed by atoms with Crippen molar-refractivity contribution in [2.45, 2.75) is 85.4 Å². The van der Waals surface area contributed by atoms with Crippen LogP contribution in [0, 0.1) is 5.92 Å². The van der Waals surface area contributed by atoms with Gasteiger partial charge in [-0.2, -0.15) is 0 Å². The molecule has 1 unspecified atom stereocenters. The van der Waals surface area contributed by atoms with Crippen LogP contribution in [0.4, 0.5) is 0 Å². The minimum atomic E-state index is -0.274. The highest BCUT2D eigenvalue weighted by Gasteiger charge is 2.43. The summed E-state index contributed by atoms with van der Waals surface area (Å²) in [7, 11) is 0. The van der Waals surface area contributed by atoms with Gasteiger partial charge in [0.1, 0.15) is 17.1 Å². The molecule has 0 amide bonds. The summed E-state index contributed by atoms with van der Waals surface area (Å²) in [6.45, 7) is 11.2. The lowest BCUT2D eigenvalue weighted by Gasteiger charge is -2.45. The van der Waals surface area contributed by atoms with Crippen molar-refractivity contribution in [1.82, 2.24) is 4.98 Å². The Morgan fingerprint density at radius 2 is 2.03 bits per heavy atom. The molecule has 1 saturated carbocycles. The second-order valence-corrected chi connectivity index (χ2v) is 8.20. The van der Waals surface area contributed by atoms with Crippen LogP contribution in [0.1, 0.15) is 72.8 Å². The molecule has 0 spiro atoms. The normalized spacial score (nSPS) is 21.2. The van der Waals surface area contributed by atoms with Crippen LogP contribution >= 0.6 is 0 Å². The van der Waals surface area contributed by atoms with Crippen LogP contribution in [-0.4, -0.2) is 22.7 Å². The van der Waals surface area contributed by atoms with E-state index in [0.717, 1.165) is 24.8 Å². The Labute approximate surface area is 185 Å². The van der Waals surface area contributed by atoms with Crippen molar-refractivity contribution in [2.24, 2.45) is 5.92 Å². The number of hydrogen-bond donors (Lipinski definition) is 0. The Balaban J connectivity index is 0.000000327. The molecule has 1 aliphatic carbocycles. The molecule has 3 heterocycles. The highest BCUT2D eigenvalue weighted by Crippen LogP contribution is 2.44. The second-order valence-electron chi connectivity index (χ2n) is 8.20. The molecule has 2 aliphatic rings. The van der Waals surface area contributed by atoms with Crippen LogP contribution < -0.4 is 10.4 Å². The third-order valence-electron chi connectivity index (χ3n) is 5.49. The van der Waals surface area contributed by atoms with Gasteiger partial charge in [0.15, 0.2) is 0 Å². The molecule has 1 fully saturated rings. The Kier molecular flexibility index (Phi) is 8.84. The summed E-state index contributed by atoms with van der Waals surface area (Å²) in [5, 5.41) is 0. The zero-order chi connectivity index (χ0) is 23.0. The molecule has 0 aromatic carbocycles. The van der Waals surface area contributed by atoms with E-state index >= 15 is 0 Å². The molecule has 0 radical (unpaired) electrons. The predicted molar refractivity (Wildman–Crippen MR) is 121 cm³/mol. The topological polar surface area (TPSA) is 78.6 Å². The molecule has 0 bridgehead atoms. The third kappa shape index (κ3) is 6.42. The molecule has 6 heteroatoms. The van der Waals surface area contributed by atoms with E-state index < -0.39 is 0 Å². The summed E-state index contributed by atoms with van der Waals surface area (Å²) >= 11 is 0. The molecule has 6 nitrogen and oxygen atoms in total. The van der Waals surface area contributed by atoms with Crippen molar-refractivity contribution in [3.8, 4) is 17.1 Å². The Morgan fingerprint density at radius 1 is 1.29 bits per heavy atom. The fourth-order valence-electron chi connectivity index (χ4n) is 4.08. The molecule has 2 aromatic heterocycles. The number of hydrogen-bond acceptors (Lipinski definition) is 6. The number of fused-ring (bicyclic) bond motifs is 2. The third-order valence-corrected chi connectivity index (χ3v) is 5.49. The zero-order valence-electron chi connectivity index (χ0n) is 19.6. The van der Waals surface area contributed by atoms with E-state index in [1.807, 2.05) is 45.9 Å². The van der Waals surface area contributed by atoms with E-state index in [0.29, 0.717) is 23.0 Å². The molecule has 170 valence electrons. The molecular formula is C25H35NO5. The summed E-state index contributed by atoms with van der Waals surface area (Å²) in [4.78, 5) is 26.5. The number of aromatic nitrogens is 1. The first-order chi connectivity index (χ1) is 14.8. The zero-order valence-corrected chi connectivity index (χ0v) is 19.6. The molecule has 0 saturated heterocycles. The van der Waals surface area contributed by atoms with Crippen molar-refractivity contribution < 1.29 is 18.7 Å². The Bertz CT molecular complexity index is 906. The lowest BCUT2D eigenvalue weighted by Crippen LogP contribution is -2.48. The monoisotopic (exact) mass is 429 g/mol. The average Bonchev–Trinajstić information content (AvgIpc) is 2.73. The van der Waals surface area contributed by atoms with Crippen molar-refractivity contribution in [1.29, 1.82) is 0 Å². The molecule has 2 aromatic rings. The van der Waals surface area contributed by atoms with Gasteiger partial charge in [0.25, 0.3) is 0 Å². The Morgan fingerprint density at radius 3 is 2.61 bits per heavy atom. The van der Waals surface area contributed by atoms with Gasteiger partial charge in [-0.15, -0.1) is 0 Å². The SMILES string of the molecule is CC.CC(=O)OC(C)C.C[C@]12CCCCC1Cc1c(cc(-c3cccnc3)oc1=O)O2. The average molecular weight is 430 g/mol. The number of ether oxygens (including phenoxy) is 2. The van der Waals surface area contributed by atoms with Crippen LogP contribution in [0.2, 0.25) is 0 Å². The lowest BCUT2D eigenvalue weighted by molar-refractivity contribution is -0.144. The number of carbonyl (C=O) groups is 1. The minimum absolute atomic E-state index is 0.0255. The summed E-state index contributed by atoms with van der Waals surface area (Å²) in [5.74, 6) is 1.42. The van der Waals surface area contributed by atoms with Gasteiger partial charge in [0, 0.05) is 36.9 Å².